The van der Waals surface area contributed by atoms with E-state index in [1.807, 2.05) is 6.92 Å². The lowest BCUT2D eigenvalue weighted by Gasteiger charge is -2.18. The third-order valence-corrected chi connectivity index (χ3v) is 12.3. The number of aryl methyl sites for hydroxylation is 2. The summed E-state index contributed by atoms with van der Waals surface area (Å²) < 4.78 is 87.1. The third kappa shape index (κ3) is 12.7. The Morgan fingerprint density at radius 3 is 1.76 bits per heavy atom. The number of anilines is 8. The molecular weight excluding hydrogens is 1030 g/mol. The number of carbonyl (C=O) groups excluding carboxylic acids is 3. The summed E-state index contributed by atoms with van der Waals surface area (Å²) in [6.07, 6.45) is -10.0. The van der Waals surface area contributed by atoms with Crippen molar-refractivity contribution in [3.63, 3.8) is 0 Å². The van der Waals surface area contributed by atoms with Crippen LogP contribution in [0.15, 0.2) is 104 Å². The number of aromatic nitrogens is 8. The Morgan fingerprint density at radius 1 is 0.641 bits per heavy atom. The van der Waals surface area contributed by atoms with E-state index in [4.69, 9.17) is 5.10 Å². The SMILES string of the molecule is CNc1cc(-n2nc(Cc3cc(NC(=O)c4cc(C(O)CC=O)cc(C(F)(F)F)c4)cc(Nc4cc(C)nn4-c4cc(NC)ncn4)c3C)cc2Nc2cc(NC(=O)c3cc(C(C)O)cc(C(F)(F)F)c3)ccc2C)ncn1. The van der Waals surface area contributed by atoms with Gasteiger partial charge in [-0.25, -0.2) is 19.9 Å². The number of hydrogen-bond acceptors (Lipinski definition) is 15. The molecule has 8 N–H and O–H groups in total. The number of amides is 2. The summed E-state index contributed by atoms with van der Waals surface area (Å²) in [5.74, 6) is 0.603. The third-order valence-electron chi connectivity index (χ3n) is 12.3. The Bertz CT molecular complexity index is 3560. The molecule has 4 aromatic heterocycles. The molecule has 0 spiro atoms. The topological polar surface area (TPSA) is 251 Å². The first kappa shape index (κ1) is 55.0. The standard InChI is InChI=1S/C53H50F6N14O5/c1-27-7-8-38(66-50(77)34-12-32(30(4)75)14-36(16-34)52(54,55)56)20-41(27)68-49-22-40(71-73(49)47-24-45(61-6)63-26-65-47)19-31-18-39(67-51(78)35-13-33(43(76)9-10-74)15-37(17-35)53(57,58)59)21-42(29(31)3)69-48-11-28(2)70-72(48)46-23-44(60-5)62-25-64-46/h7-8,10-18,20-26,30,43,68-69,75-76H,9,19H2,1-6H3,(H,66,77)(H,67,78)(H,60,62,64)(H,61,63,65). The molecule has 19 nitrogen and oxygen atoms in total. The quantitative estimate of drug-likeness (QED) is 0.0294. The molecule has 0 aliphatic rings. The maximum atomic E-state index is 14.2. The highest BCUT2D eigenvalue weighted by atomic mass is 19.4. The van der Waals surface area contributed by atoms with Crippen molar-refractivity contribution in [2.24, 2.45) is 0 Å². The molecule has 2 atom stereocenters. The Kier molecular flexibility index (Phi) is 15.9. The average molecular weight is 1080 g/mol. The van der Waals surface area contributed by atoms with E-state index in [1.54, 1.807) is 87.2 Å². The fourth-order valence-corrected chi connectivity index (χ4v) is 8.17. The van der Waals surface area contributed by atoms with Crippen molar-refractivity contribution >= 4 is 64.1 Å². The average Bonchev–Trinajstić information content (AvgIpc) is 4.00. The smallest absolute Gasteiger partial charge is 0.389 e. The predicted molar refractivity (Wildman–Crippen MR) is 279 cm³/mol. The fraction of sp³-hybridized carbons (Fsp3) is 0.226. The van der Waals surface area contributed by atoms with Crippen LogP contribution in [0.4, 0.5) is 72.4 Å². The molecule has 404 valence electrons. The van der Waals surface area contributed by atoms with Gasteiger partial charge in [0, 0.05) is 85.1 Å². The molecule has 0 saturated carbocycles. The van der Waals surface area contributed by atoms with E-state index in [-0.39, 0.29) is 34.5 Å². The van der Waals surface area contributed by atoms with Crippen molar-refractivity contribution in [2.75, 3.05) is 46.0 Å². The van der Waals surface area contributed by atoms with Gasteiger partial charge < -0.3 is 46.9 Å². The van der Waals surface area contributed by atoms with Gasteiger partial charge in [0.2, 0.25) is 0 Å². The number of hydrogen-bond donors (Lipinski definition) is 8. The summed E-state index contributed by atoms with van der Waals surface area (Å²) in [5, 5.41) is 48.3. The van der Waals surface area contributed by atoms with E-state index >= 15 is 0 Å². The van der Waals surface area contributed by atoms with E-state index in [2.05, 4.69) is 56.9 Å². The Morgan fingerprint density at radius 2 is 1.18 bits per heavy atom. The lowest BCUT2D eigenvalue weighted by molar-refractivity contribution is -0.138. The van der Waals surface area contributed by atoms with Crippen molar-refractivity contribution in [3.8, 4) is 11.6 Å². The molecule has 4 aromatic carbocycles. The van der Waals surface area contributed by atoms with Crippen molar-refractivity contribution in [1.82, 2.24) is 39.5 Å². The number of aliphatic hydroxyl groups excluding tert-OH is 2. The van der Waals surface area contributed by atoms with Gasteiger partial charge in [-0.1, -0.05) is 6.07 Å². The molecule has 0 bridgehead atoms. The van der Waals surface area contributed by atoms with Gasteiger partial charge in [-0.05, 0) is 116 Å². The highest BCUT2D eigenvalue weighted by Gasteiger charge is 2.34. The number of rotatable bonds is 18. The molecule has 0 saturated heterocycles. The number of alkyl halides is 6. The Balaban J connectivity index is 1.19. The van der Waals surface area contributed by atoms with Crippen LogP contribution in [0.5, 0.6) is 0 Å². The van der Waals surface area contributed by atoms with Gasteiger partial charge in [-0.2, -0.15) is 45.9 Å². The van der Waals surface area contributed by atoms with Gasteiger partial charge in [-0.3, -0.25) is 9.59 Å². The minimum absolute atomic E-state index is 0.0533. The summed E-state index contributed by atoms with van der Waals surface area (Å²) in [5.41, 5.74) is 0.635. The van der Waals surface area contributed by atoms with Crippen LogP contribution in [0.1, 0.15) is 96.6 Å². The highest BCUT2D eigenvalue weighted by Crippen LogP contribution is 2.37. The van der Waals surface area contributed by atoms with E-state index < -0.39 is 59.5 Å². The predicted octanol–water partition coefficient (Wildman–Crippen LogP) is 9.94. The van der Waals surface area contributed by atoms with Crippen LogP contribution >= 0.6 is 0 Å². The molecule has 2 amide bonds. The maximum Gasteiger partial charge on any atom is 0.416 e. The molecule has 2 unspecified atom stereocenters. The minimum Gasteiger partial charge on any atom is -0.389 e. The van der Waals surface area contributed by atoms with Gasteiger partial charge >= 0.3 is 12.4 Å². The van der Waals surface area contributed by atoms with E-state index in [1.165, 1.54) is 30.3 Å². The molecule has 8 aromatic rings. The van der Waals surface area contributed by atoms with Crippen LogP contribution in [-0.4, -0.2) is 81.9 Å². The second-order valence-corrected chi connectivity index (χ2v) is 18.0. The zero-order valence-corrected chi connectivity index (χ0v) is 42.4. The fourth-order valence-electron chi connectivity index (χ4n) is 8.17. The van der Waals surface area contributed by atoms with Gasteiger partial charge in [0.1, 0.15) is 42.2 Å². The summed E-state index contributed by atoms with van der Waals surface area (Å²) in [6.45, 7) is 6.65. The lowest BCUT2D eigenvalue weighted by Crippen LogP contribution is -2.16. The summed E-state index contributed by atoms with van der Waals surface area (Å²) in [7, 11) is 3.36. The number of aliphatic hydroxyl groups is 2. The Labute approximate surface area is 441 Å². The number of benzene rings is 4. The van der Waals surface area contributed by atoms with E-state index in [0.29, 0.717) is 98.8 Å². The van der Waals surface area contributed by atoms with E-state index in [9.17, 15) is 50.9 Å². The monoisotopic (exact) mass is 1080 g/mol. The number of nitrogens with one attached hydrogen (secondary N) is 6. The first-order chi connectivity index (χ1) is 37.0. The van der Waals surface area contributed by atoms with Gasteiger partial charge in [0.25, 0.3) is 11.8 Å². The van der Waals surface area contributed by atoms with Crippen molar-refractivity contribution < 1.29 is 50.9 Å². The summed E-state index contributed by atoms with van der Waals surface area (Å²) >= 11 is 0. The first-order valence-electron chi connectivity index (χ1n) is 23.8. The largest absolute Gasteiger partial charge is 0.416 e. The molecule has 0 aliphatic carbocycles. The molecule has 0 aliphatic heterocycles. The maximum absolute atomic E-state index is 14.2. The number of halogens is 6. The summed E-state index contributed by atoms with van der Waals surface area (Å²) in [4.78, 5) is 56.1. The van der Waals surface area contributed by atoms with Crippen molar-refractivity contribution in [2.45, 2.75) is 65.1 Å². The van der Waals surface area contributed by atoms with Crippen LogP contribution in [0.2, 0.25) is 0 Å². The molecule has 4 heterocycles. The zero-order valence-electron chi connectivity index (χ0n) is 42.4. The molecule has 8 rings (SSSR count). The number of aldehydes is 1. The number of carbonyl (C=O) groups is 3. The zero-order chi connectivity index (χ0) is 56.2. The van der Waals surface area contributed by atoms with Crippen LogP contribution in [0.25, 0.3) is 11.6 Å². The Hall–Kier alpha value is -9.23. The lowest BCUT2D eigenvalue weighted by atomic mass is 9.99. The first-order valence-corrected chi connectivity index (χ1v) is 23.8. The van der Waals surface area contributed by atoms with Crippen LogP contribution in [0, 0.1) is 20.8 Å². The van der Waals surface area contributed by atoms with Gasteiger partial charge in [-0.15, -0.1) is 0 Å². The second-order valence-electron chi connectivity index (χ2n) is 18.0. The minimum atomic E-state index is -4.91. The van der Waals surface area contributed by atoms with Crippen molar-refractivity contribution in [3.05, 3.63) is 165 Å². The van der Waals surface area contributed by atoms with Crippen LogP contribution in [0.3, 0.4) is 0 Å². The second kappa shape index (κ2) is 22.5. The van der Waals surface area contributed by atoms with E-state index in [0.717, 1.165) is 12.1 Å². The molecular formula is C53H50F6N14O5. The molecule has 25 heteroatoms. The van der Waals surface area contributed by atoms with Gasteiger partial charge in [0.05, 0.1) is 34.7 Å². The molecule has 78 heavy (non-hydrogen) atoms. The molecule has 0 fully saturated rings. The molecule has 0 radical (unpaired) electrons. The van der Waals surface area contributed by atoms with Gasteiger partial charge in [0.15, 0.2) is 11.6 Å². The number of nitrogens with zero attached hydrogens (tertiary/aromatic N) is 8. The van der Waals surface area contributed by atoms with Crippen LogP contribution in [-0.2, 0) is 23.6 Å². The normalized spacial score (nSPS) is 12.4. The van der Waals surface area contributed by atoms with Crippen LogP contribution < -0.4 is 31.9 Å². The highest BCUT2D eigenvalue weighted by molar-refractivity contribution is 6.05. The van der Waals surface area contributed by atoms with Crippen molar-refractivity contribution in [1.29, 1.82) is 0 Å². The summed E-state index contributed by atoms with van der Waals surface area (Å²) in [6, 6.07) is 19.9.